The third kappa shape index (κ3) is 4.58. The van der Waals surface area contributed by atoms with E-state index in [9.17, 15) is 5.11 Å². The van der Waals surface area contributed by atoms with Gasteiger partial charge in [-0.25, -0.2) is 0 Å². The fourth-order valence-electron chi connectivity index (χ4n) is 3.15. The van der Waals surface area contributed by atoms with Gasteiger partial charge in [0.1, 0.15) is 6.23 Å². The van der Waals surface area contributed by atoms with Crippen molar-refractivity contribution >= 4 is 0 Å². The largest absolute Gasteiger partial charge is 0.379 e. The van der Waals surface area contributed by atoms with E-state index in [2.05, 4.69) is 39.0 Å². The van der Waals surface area contributed by atoms with Crippen molar-refractivity contribution in [1.29, 1.82) is 0 Å². The summed E-state index contributed by atoms with van der Waals surface area (Å²) in [5.41, 5.74) is 6.93. The normalized spacial score (nSPS) is 25.8. The quantitative estimate of drug-likeness (QED) is 0.559. The third-order valence-electron chi connectivity index (χ3n) is 4.26. The van der Waals surface area contributed by atoms with E-state index in [1.165, 1.54) is 24.8 Å². The lowest BCUT2D eigenvalue weighted by Gasteiger charge is -2.33. The van der Waals surface area contributed by atoms with Crippen LogP contribution in [0.15, 0.2) is 23.8 Å². The highest BCUT2D eigenvalue weighted by atomic mass is 16.3. The second-order valence-electron chi connectivity index (χ2n) is 5.70. The van der Waals surface area contributed by atoms with Gasteiger partial charge in [-0.1, -0.05) is 30.7 Å². The first kappa shape index (κ1) is 15.5. The fraction of sp³-hybridized carbons (Fsp3) is 0.750. The molecule has 0 saturated carbocycles. The summed E-state index contributed by atoms with van der Waals surface area (Å²) >= 11 is 0. The number of hydrogen-bond acceptors (Lipinski definition) is 2. The molecule has 0 heterocycles. The molecule has 0 aromatic rings. The Bertz CT molecular complexity index is 293. The number of hydrogen-bond donors (Lipinski definition) is 2. The summed E-state index contributed by atoms with van der Waals surface area (Å²) in [6.07, 6.45) is 11.8. The third-order valence-corrected chi connectivity index (χ3v) is 4.26. The van der Waals surface area contributed by atoms with Crippen molar-refractivity contribution in [2.45, 2.75) is 59.1 Å². The van der Waals surface area contributed by atoms with E-state index >= 15 is 0 Å². The molecule has 1 aliphatic carbocycles. The lowest BCUT2D eigenvalue weighted by atomic mass is 9.72. The van der Waals surface area contributed by atoms with Crippen LogP contribution in [-0.2, 0) is 0 Å². The van der Waals surface area contributed by atoms with E-state index < -0.39 is 6.23 Å². The fourth-order valence-corrected chi connectivity index (χ4v) is 3.15. The van der Waals surface area contributed by atoms with Gasteiger partial charge in [-0.2, -0.15) is 0 Å². The first-order valence-corrected chi connectivity index (χ1v) is 7.29. The van der Waals surface area contributed by atoms with Crippen LogP contribution in [0.5, 0.6) is 0 Å². The Morgan fingerprint density at radius 1 is 1.50 bits per heavy atom. The van der Waals surface area contributed by atoms with Crippen LogP contribution in [0, 0.1) is 17.8 Å². The smallest absolute Gasteiger partial charge is 0.102 e. The second kappa shape index (κ2) is 7.75. The van der Waals surface area contributed by atoms with Crippen LogP contribution in [0.3, 0.4) is 0 Å². The summed E-state index contributed by atoms with van der Waals surface area (Å²) in [4.78, 5) is 0. The van der Waals surface area contributed by atoms with Crippen molar-refractivity contribution in [2.75, 3.05) is 0 Å². The van der Waals surface area contributed by atoms with Gasteiger partial charge in [0, 0.05) is 0 Å². The molecule has 18 heavy (non-hydrogen) atoms. The molecule has 1 aliphatic rings. The van der Waals surface area contributed by atoms with Crippen molar-refractivity contribution in [3.63, 3.8) is 0 Å². The minimum atomic E-state index is -0.666. The highest BCUT2D eigenvalue weighted by molar-refractivity contribution is 5.10. The van der Waals surface area contributed by atoms with Gasteiger partial charge in [-0.3, -0.25) is 0 Å². The van der Waals surface area contributed by atoms with Crippen molar-refractivity contribution in [3.05, 3.63) is 23.8 Å². The Labute approximate surface area is 112 Å². The van der Waals surface area contributed by atoms with Gasteiger partial charge < -0.3 is 10.8 Å². The topological polar surface area (TPSA) is 46.2 Å². The Hall–Kier alpha value is -0.600. The van der Waals surface area contributed by atoms with Gasteiger partial charge in [0.15, 0.2) is 0 Å². The molecule has 1 rings (SSSR count). The SMILES string of the molecule is C/C=C(/C)C(C(C)CCC(N)O)C1C=CCCC1. The molecule has 2 heteroatoms. The molecule has 0 aromatic heterocycles. The monoisotopic (exact) mass is 251 g/mol. The van der Waals surface area contributed by atoms with Gasteiger partial charge in [-0.05, 0) is 63.7 Å². The van der Waals surface area contributed by atoms with E-state index in [1.807, 2.05) is 0 Å². The van der Waals surface area contributed by atoms with E-state index in [-0.39, 0.29) is 0 Å². The van der Waals surface area contributed by atoms with Crippen molar-refractivity contribution in [1.82, 2.24) is 0 Å². The predicted molar refractivity (Wildman–Crippen MR) is 78.0 cm³/mol. The van der Waals surface area contributed by atoms with E-state index in [0.717, 1.165) is 6.42 Å². The number of rotatable bonds is 6. The molecule has 0 saturated heterocycles. The molecule has 0 fully saturated rings. The lowest BCUT2D eigenvalue weighted by Crippen LogP contribution is -2.26. The first-order chi connectivity index (χ1) is 8.56. The molecular formula is C16H29NO. The summed E-state index contributed by atoms with van der Waals surface area (Å²) in [5, 5.41) is 9.24. The van der Waals surface area contributed by atoms with E-state index in [4.69, 9.17) is 5.73 Å². The molecule has 4 atom stereocenters. The van der Waals surface area contributed by atoms with Crippen LogP contribution in [0.1, 0.15) is 52.9 Å². The standard InChI is InChI=1S/C16H29NO/c1-4-12(2)16(13(3)10-11-15(17)18)14-8-6-5-7-9-14/h4,6,8,13-16,18H,5,7,9-11,17H2,1-3H3/b12-4-. The maximum absolute atomic E-state index is 9.24. The minimum absolute atomic E-state index is 0.576. The number of aliphatic hydroxyl groups excluding tert-OH is 1. The highest BCUT2D eigenvalue weighted by Gasteiger charge is 2.27. The van der Waals surface area contributed by atoms with Crippen LogP contribution in [0.2, 0.25) is 0 Å². The summed E-state index contributed by atoms with van der Waals surface area (Å²) in [5.74, 6) is 1.84. The predicted octanol–water partition coefficient (Wildman–Crippen LogP) is 3.62. The number of nitrogens with two attached hydrogens (primary N) is 1. The number of aliphatic hydroxyl groups is 1. The maximum Gasteiger partial charge on any atom is 0.102 e. The molecular weight excluding hydrogens is 222 g/mol. The number of allylic oxidation sites excluding steroid dienone is 4. The molecule has 2 nitrogen and oxygen atoms in total. The van der Waals surface area contributed by atoms with Crippen LogP contribution >= 0.6 is 0 Å². The Balaban J connectivity index is 2.71. The van der Waals surface area contributed by atoms with Crippen molar-refractivity contribution in [2.24, 2.45) is 23.5 Å². The van der Waals surface area contributed by atoms with Gasteiger partial charge in [-0.15, -0.1) is 0 Å². The average molecular weight is 251 g/mol. The second-order valence-corrected chi connectivity index (χ2v) is 5.70. The summed E-state index contributed by atoms with van der Waals surface area (Å²) in [6, 6.07) is 0. The Kier molecular flexibility index (Phi) is 6.66. The minimum Gasteiger partial charge on any atom is -0.379 e. The zero-order valence-electron chi connectivity index (χ0n) is 12.1. The molecule has 0 aliphatic heterocycles. The first-order valence-electron chi connectivity index (χ1n) is 7.29. The summed E-state index contributed by atoms with van der Waals surface area (Å²) in [7, 11) is 0. The van der Waals surface area contributed by atoms with E-state index in [0.29, 0.717) is 24.2 Å². The highest BCUT2D eigenvalue weighted by Crippen LogP contribution is 2.36. The zero-order chi connectivity index (χ0) is 13.5. The van der Waals surface area contributed by atoms with Gasteiger partial charge in [0.25, 0.3) is 0 Å². The summed E-state index contributed by atoms with van der Waals surface area (Å²) < 4.78 is 0. The van der Waals surface area contributed by atoms with Crippen LogP contribution in [0.25, 0.3) is 0 Å². The van der Waals surface area contributed by atoms with Gasteiger partial charge in [0.2, 0.25) is 0 Å². The summed E-state index contributed by atoms with van der Waals surface area (Å²) in [6.45, 7) is 6.66. The molecule has 0 radical (unpaired) electrons. The Morgan fingerprint density at radius 3 is 2.72 bits per heavy atom. The van der Waals surface area contributed by atoms with Crippen LogP contribution in [0.4, 0.5) is 0 Å². The lowest BCUT2D eigenvalue weighted by molar-refractivity contribution is 0.153. The van der Waals surface area contributed by atoms with Crippen LogP contribution in [-0.4, -0.2) is 11.3 Å². The maximum atomic E-state index is 9.24. The van der Waals surface area contributed by atoms with Gasteiger partial charge >= 0.3 is 0 Å². The average Bonchev–Trinajstić information content (AvgIpc) is 2.37. The molecule has 0 spiro atoms. The molecule has 104 valence electrons. The zero-order valence-corrected chi connectivity index (χ0v) is 12.1. The molecule has 0 bridgehead atoms. The molecule has 4 unspecified atom stereocenters. The van der Waals surface area contributed by atoms with Crippen LogP contribution < -0.4 is 5.73 Å². The Morgan fingerprint density at radius 2 is 2.22 bits per heavy atom. The molecule has 3 N–H and O–H groups in total. The van der Waals surface area contributed by atoms with E-state index in [1.54, 1.807) is 0 Å². The molecule has 0 aromatic carbocycles. The molecule has 0 amide bonds. The van der Waals surface area contributed by atoms with Crippen molar-refractivity contribution < 1.29 is 5.11 Å². The van der Waals surface area contributed by atoms with Crippen molar-refractivity contribution in [3.8, 4) is 0 Å². The van der Waals surface area contributed by atoms with Gasteiger partial charge in [0.05, 0.1) is 0 Å².